The first kappa shape index (κ1) is 10.4. The molecule has 0 spiro atoms. The Morgan fingerprint density at radius 3 is 2.50 bits per heavy atom. The van der Waals surface area contributed by atoms with E-state index >= 15 is 0 Å². The summed E-state index contributed by atoms with van der Waals surface area (Å²) in [7, 11) is 0. The van der Waals surface area contributed by atoms with Crippen LogP contribution < -0.4 is 0 Å². The van der Waals surface area contributed by atoms with Crippen molar-refractivity contribution in [3.63, 3.8) is 0 Å². The van der Waals surface area contributed by atoms with Gasteiger partial charge >= 0.3 is 6.18 Å². The van der Waals surface area contributed by atoms with Gasteiger partial charge in [0.05, 0.1) is 0 Å². The first-order valence-electron chi connectivity index (χ1n) is 4.14. The van der Waals surface area contributed by atoms with E-state index in [1.165, 1.54) is 12.4 Å². The van der Waals surface area contributed by atoms with Crippen molar-refractivity contribution in [1.82, 2.24) is 19.9 Å². The summed E-state index contributed by atoms with van der Waals surface area (Å²) >= 11 is 0. The number of hydrogen-bond donors (Lipinski definition) is 2. The summed E-state index contributed by atoms with van der Waals surface area (Å²) in [4.78, 5) is 22.3. The van der Waals surface area contributed by atoms with Gasteiger partial charge in [0, 0.05) is 12.4 Å². The minimum absolute atomic E-state index is 0.0474. The van der Waals surface area contributed by atoms with Gasteiger partial charge in [0.25, 0.3) is 0 Å². The lowest BCUT2D eigenvalue weighted by Crippen LogP contribution is -2.08. The molecule has 0 aromatic carbocycles. The van der Waals surface area contributed by atoms with E-state index < -0.39 is 17.6 Å². The maximum Gasteiger partial charge on any atom is 0.433 e. The second-order valence-corrected chi connectivity index (χ2v) is 2.90. The third kappa shape index (κ3) is 1.69. The number of aromatic amines is 2. The first-order chi connectivity index (χ1) is 7.52. The van der Waals surface area contributed by atoms with Crippen LogP contribution >= 0.6 is 0 Å². The van der Waals surface area contributed by atoms with Gasteiger partial charge in [-0.3, -0.25) is 4.79 Å². The fourth-order valence-electron chi connectivity index (χ4n) is 1.20. The van der Waals surface area contributed by atoms with Crippen LogP contribution in [0, 0.1) is 0 Å². The van der Waals surface area contributed by atoms with E-state index in [0.717, 1.165) is 0 Å². The molecule has 0 aliphatic heterocycles. The van der Waals surface area contributed by atoms with E-state index in [-0.39, 0.29) is 17.9 Å². The van der Waals surface area contributed by atoms with Crippen LogP contribution in [0.4, 0.5) is 13.2 Å². The van der Waals surface area contributed by atoms with E-state index in [1.54, 1.807) is 0 Å². The van der Waals surface area contributed by atoms with Crippen molar-refractivity contribution in [3.8, 4) is 11.6 Å². The van der Waals surface area contributed by atoms with Gasteiger partial charge in [0.15, 0.2) is 23.6 Å². The molecule has 8 heteroatoms. The average molecular weight is 230 g/mol. The number of alkyl halides is 3. The van der Waals surface area contributed by atoms with Crippen LogP contribution in [0.15, 0.2) is 12.4 Å². The van der Waals surface area contributed by atoms with Crippen LogP contribution in [0.25, 0.3) is 11.6 Å². The number of carbonyl (C=O) groups excluding carboxylic acids is 1. The Labute approximate surface area is 86.7 Å². The molecule has 0 saturated carbocycles. The Kier molecular flexibility index (Phi) is 2.26. The van der Waals surface area contributed by atoms with Gasteiger partial charge in [0.2, 0.25) is 0 Å². The van der Waals surface area contributed by atoms with Crippen LogP contribution in [0.2, 0.25) is 0 Å². The van der Waals surface area contributed by atoms with Crippen LogP contribution in [0.1, 0.15) is 16.2 Å². The lowest BCUT2D eigenvalue weighted by molar-refractivity contribution is -0.141. The first-order valence-corrected chi connectivity index (χ1v) is 4.14. The molecule has 0 amide bonds. The van der Waals surface area contributed by atoms with Crippen LogP contribution in [0.3, 0.4) is 0 Å². The van der Waals surface area contributed by atoms with Gasteiger partial charge in [-0.25, -0.2) is 9.97 Å². The number of imidazole rings is 2. The minimum atomic E-state index is -4.64. The average Bonchev–Trinajstić information content (AvgIpc) is 2.85. The van der Waals surface area contributed by atoms with Crippen LogP contribution in [0.5, 0.6) is 0 Å². The number of rotatable bonds is 2. The van der Waals surface area contributed by atoms with E-state index in [1.807, 2.05) is 4.98 Å². The highest BCUT2D eigenvalue weighted by Crippen LogP contribution is 2.31. The Morgan fingerprint density at radius 1 is 1.31 bits per heavy atom. The smallest absolute Gasteiger partial charge is 0.342 e. The van der Waals surface area contributed by atoms with Crippen molar-refractivity contribution in [2.24, 2.45) is 0 Å². The molecule has 2 aromatic rings. The van der Waals surface area contributed by atoms with E-state index in [2.05, 4.69) is 15.0 Å². The highest BCUT2D eigenvalue weighted by molar-refractivity contribution is 5.75. The topological polar surface area (TPSA) is 74.4 Å². The molecule has 2 aromatic heterocycles. The molecule has 0 radical (unpaired) electrons. The standard InChI is InChI=1S/C8H5F3N4O/c9-8(10,11)5-4(3-16)14-7(15-5)6-12-1-2-13-6/h1-3H,(H,12,13)(H,14,15). The third-order valence-corrected chi connectivity index (χ3v) is 1.85. The number of nitrogens with zero attached hydrogens (tertiary/aromatic N) is 2. The van der Waals surface area contributed by atoms with Crippen molar-refractivity contribution >= 4 is 6.29 Å². The molecule has 0 aliphatic carbocycles. The third-order valence-electron chi connectivity index (χ3n) is 1.85. The van der Waals surface area contributed by atoms with E-state index in [4.69, 9.17) is 0 Å². The molecule has 2 heterocycles. The van der Waals surface area contributed by atoms with Crippen LogP contribution in [-0.4, -0.2) is 26.2 Å². The minimum Gasteiger partial charge on any atom is -0.342 e. The Hall–Kier alpha value is -2.12. The fraction of sp³-hybridized carbons (Fsp3) is 0.125. The molecule has 2 rings (SSSR count). The molecular formula is C8H5F3N4O. The highest BCUT2D eigenvalue weighted by Gasteiger charge is 2.37. The van der Waals surface area contributed by atoms with Gasteiger partial charge in [-0.2, -0.15) is 13.2 Å². The number of halogens is 3. The highest BCUT2D eigenvalue weighted by atomic mass is 19.4. The summed E-state index contributed by atoms with van der Waals surface area (Å²) in [6.07, 6.45) is -1.79. The Balaban J connectivity index is 2.52. The zero-order valence-corrected chi connectivity index (χ0v) is 7.67. The van der Waals surface area contributed by atoms with Gasteiger partial charge in [-0.05, 0) is 0 Å². The van der Waals surface area contributed by atoms with Crippen molar-refractivity contribution in [3.05, 3.63) is 23.8 Å². The second-order valence-electron chi connectivity index (χ2n) is 2.90. The van der Waals surface area contributed by atoms with Gasteiger partial charge < -0.3 is 9.97 Å². The Bertz CT molecular complexity index is 500. The molecule has 0 bridgehead atoms. The van der Waals surface area contributed by atoms with Crippen molar-refractivity contribution in [1.29, 1.82) is 0 Å². The molecule has 0 saturated heterocycles. The number of nitrogens with one attached hydrogen (secondary N) is 2. The fourth-order valence-corrected chi connectivity index (χ4v) is 1.20. The molecule has 0 fully saturated rings. The van der Waals surface area contributed by atoms with Gasteiger partial charge in [-0.15, -0.1) is 0 Å². The van der Waals surface area contributed by atoms with Gasteiger partial charge in [0.1, 0.15) is 5.69 Å². The lowest BCUT2D eigenvalue weighted by Gasteiger charge is -2.02. The van der Waals surface area contributed by atoms with Crippen molar-refractivity contribution in [2.45, 2.75) is 6.18 Å². The molecule has 0 unspecified atom stereocenters. The maximum atomic E-state index is 12.4. The number of aldehydes is 1. The number of carbonyl (C=O) groups is 1. The summed E-state index contributed by atoms with van der Waals surface area (Å²) in [5.74, 6) is 0.0121. The quantitative estimate of drug-likeness (QED) is 0.770. The SMILES string of the molecule is O=Cc1nc(-c2ncc[nH]2)[nH]c1C(F)(F)F. The number of H-pyrrole nitrogens is 2. The van der Waals surface area contributed by atoms with Gasteiger partial charge in [-0.1, -0.05) is 0 Å². The molecule has 84 valence electrons. The maximum absolute atomic E-state index is 12.4. The van der Waals surface area contributed by atoms with E-state index in [0.29, 0.717) is 0 Å². The molecule has 5 nitrogen and oxygen atoms in total. The Morgan fingerprint density at radius 2 is 2.06 bits per heavy atom. The van der Waals surface area contributed by atoms with E-state index in [9.17, 15) is 18.0 Å². The monoisotopic (exact) mass is 230 g/mol. The molecule has 0 aliphatic rings. The summed E-state index contributed by atoms with van der Waals surface area (Å²) < 4.78 is 37.3. The molecule has 2 N–H and O–H groups in total. The largest absolute Gasteiger partial charge is 0.433 e. The second kappa shape index (κ2) is 3.47. The summed E-state index contributed by atoms with van der Waals surface area (Å²) in [6.45, 7) is 0. The number of aromatic nitrogens is 4. The summed E-state index contributed by atoms with van der Waals surface area (Å²) in [5, 5.41) is 0. The van der Waals surface area contributed by atoms with Crippen LogP contribution in [-0.2, 0) is 6.18 Å². The number of hydrogen-bond acceptors (Lipinski definition) is 3. The zero-order chi connectivity index (χ0) is 11.8. The predicted octanol–water partition coefficient (Wildman–Crippen LogP) is 1.63. The predicted molar refractivity (Wildman–Crippen MR) is 46.6 cm³/mol. The molecule has 16 heavy (non-hydrogen) atoms. The summed E-state index contributed by atoms with van der Waals surface area (Å²) in [5.41, 5.74) is -1.85. The zero-order valence-electron chi connectivity index (χ0n) is 7.67. The normalized spacial score (nSPS) is 11.7. The van der Waals surface area contributed by atoms with Crippen molar-refractivity contribution in [2.75, 3.05) is 0 Å². The lowest BCUT2D eigenvalue weighted by atomic mass is 10.3. The molecule has 0 atom stereocenters. The summed E-state index contributed by atoms with van der Waals surface area (Å²) in [6, 6.07) is 0. The van der Waals surface area contributed by atoms with Crippen molar-refractivity contribution < 1.29 is 18.0 Å². The molecular weight excluding hydrogens is 225 g/mol.